The fraction of sp³-hybridized carbons (Fsp3) is 0.190. The zero-order chi connectivity index (χ0) is 21.1. The Kier molecular flexibility index (Phi) is 5.50. The van der Waals surface area contributed by atoms with Gasteiger partial charge in [-0.05, 0) is 36.4 Å². The molecule has 30 heavy (non-hydrogen) atoms. The number of hydrogen-bond acceptors (Lipinski definition) is 6. The molecule has 2 heterocycles. The molecule has 1 aromatic heterocycles. The summed E-state index contributed by atoms with van der Waals surface area (Å²) in [6.45, 7) is -0.0675. The number of hydrogen-bond donors (Lipinski definition) is 1. The Morgan fingerprint density at radius 3 is 2.73 bits per heavy atom. The normalized spacial score (nSPS) is 15.7. The monoisotopic (exact) mass is 419 g/mol. The van der Waals surface area contributed by atoms with Crippen LogP contribution in [0.5, 0.6) is 0 Å². The second kappa shape index (κ2) is 8.39. The fourth-order valence-electron chi connectivity index (χ4n) is 3.27. The first kappa shape index (κ1) is 19.7. The van der Waals surface area contributed by atoms with Crippen LogP contribution >= 0.6 is 11.8 Å². The molecule has 1 atom stereocenters. The van der Waals surface area contributed by atoms with Crippen molar-refractivity contribution in [3.63, 3.8) is 0 Å². The second-order valence-electron chi connectivity index (χ2n) is 6.74. The highest BCUT2D eigenvalue weighted by molar-refractivity contribution is 7.99. The molecule has 0 bridgehead atoms. The number of thioether (sulfide) groups is 1. The number of rotatable bonds is 4. The minimum Gasteiger partial charge on any atom is -0.324 e. The van der Waals surface area contributed by atoms with Gasteiger partial charge in [0.05, 0.1) is 29.2 Å². The number of carbonyl (C=O) groups is 2. The van der Waals surface area contributed by atoms with Crippen molar-refractivity contribution in [3.8, 4) is 6.07 Å². The average molecular weight is 419 g/mol. The Morgan fingerprint density at radius 2 is 1.97 bits per heavy atom. The minimum absolute atomic E-state index is 0.0675. The van der Waals surface area contributed by atoms with Crippen molar-refractivity contribution in [3.05, 3.63) is 70.5 Å². The highest BCUT2D eigenvalue weighted by Crippen LogP contribution is 2.23. The van der Waals surface area contributed by atoms with Gasteiger partial charge in [0.2, 0.25) is 17.2 Å². The minimum atomic E-state index is -0.608. The van der Waals surface area contributed by atoms with Gasteiger partial charge in [0.1, 0.15) is 12.6 Å². The first-order valence-corrected chi connectivity index (χ1v) is 10.4. The van der Waals surface area contributed by atoms with Crippen LogP contribution in [0.3, 0.4) is 0 Å². The molecule has 0 aliphatic carbocycles. The van der Waals surface area contributed by atoms with Gasteiger partial charge >= 0.3 is 0 Å². The van der Waals surface area contributed by atoms with Crippen molar-refractivity contribution in [2.24, 2.45) is 0 Å². The summed E-state index contributed by atoms with van der Waals surface area (Å²) in [5.41, 5.74) is 1.44. The van der Waals surface area contributed by atoms with E-state index in [9.17, 15) is 14.4 Å². The Morgan fingerprint density at radius 1 is 1.20 bits per heavy atom. The van der Waals surface area contributed by atoms with Crippen LogP contribution in [0.25, 0.3) is 10.9 Å². The summed E-state index contributed by atoms with van der Waals surface area (Å²) in [7, 11) is 0. The third kappa shape index (κ3) is 3.90. The number of anilines is 1. The zero-order valence-electron chi connectivity index (χ0n) is 15.8. The highest BCUT2D eigenvalue weighted by atomic mass is 32.2. The van der Waals surface area contributed by atoms with Crippen molar-refractivity contribution in [1.29, 1.82) is 5.26 Å². The van der Waals surface area contributed by atoms with Gasteiger partial charge in [-0.3, -0.25) is 19.1 Å². The van der Waals surface area contributed by atoms with E-state index in [4.69, 9.17) is 5.26 Å². The molecule has 2 amide bonds. The fourth-order valence-corrected chi connectivity index (χ4v) is 4.45. The van der Waals surface area contributed by atoms with E-state index in [-0.39, 0.29) is 23.8 Å². The number of carbonyl (C=O) groups excluding carboxylic acids is 2. The van der Waals surface area contributed by atoms with Crippen LogP contribution in [-0.4, -0.2) is 44.2 Å². The number of nitrogens with one attached hydrogen (secondary N) is 1. The molecule has 4 rings (SSSR count). The molecular formula is C21H17N5O3S. The maximum Gasteiger partial charge on any atom is 0.248 e. The van der Waals surface area contributed by atoms with Crippen molar-refractivity contribution < 1.29 is 9.59 Å². The molecule has 1 saturated heterocycles. The van der Waals surface area contributed by atoms with Gasteiger partial charge in [0.15, 0.2) is 0 Å². The van der Waals surface area contributed by atoms with E-state index in [1.165, 1.54) is 27.5 Å². The van der Waals surface area contributed by atoms with E-state index in [1.807, 2.05) is 6.07 Å². The lowest BCUT2D eigenvalue weighted by Crippen LogP contribution is -2.45. The summed E-state index contributed by atoms with van der Waals surface area (Å²) in [5, 5.41) is 16.3. The number of fused-ring (bicyclic) bond motifs is 1. The summed E-state index contributed by atoms with van der Waals surface area (Å²) in [6, 6.07) is 14.9. The van der Waals surface area contributed by atoms with Gasteiger partial charge in [0.25, 0.3) is 0 Å². The predicted octanol–water partition coefficient (Wildman–Crippen LogP) is 1.81. The third-order valence-electron chi connectivity index (χ3n) is 4.83. The van der Waals surface area contributed by atoms with Gasteiger partial charge in [-0.2, -0.15) is 10.4 Å². The lowest BCUT2D eigenvalue weighted by molar-refractivity contribution is -0.136. The molecule has 0 spiro atoms. The molecule has 1 N–H and O–H groups in total. The molecule has 3 aromatic rings. The van der Waals surface area contributed by atoms with E-state index in [2.05, 4.69) is 10.4 Å². The van der Waals surface area contributed by atoms with Crippen LogP contribution in [0.4, 0.5) is 5.69 Å². The standard InChI is InChI=1S/C21H17N5O3S/c22-9-14-5-7-15(8-6-14)24-21(29)18-12-30-13-25(18)20(28)11-26-17-4-2-1-3-16(17)19(27)10-23-26/h1-8,10,18H,11-13H2,(H,24,29). The van der Waals surface area contributed by atoms with Crippen LogP contribution in [0.1, 0.15) is 5.56 Å². The maximum absolute atomic E-state index is 13.0. The van der Waals surface area contributed by atoms with Crippen LogP contribution in [-0.2, 0) is 16.1 Å². The first-order valence-electron chi connectivity index (χ1n) is 9.20. The smallest absolute Gasteiger partial charge is 0.248 e. The zero-order valence-corrected chi connectivity index (χ0v) is 16.6. The van der Waals surface area contributed by atoms with Gasteiger partial charge in [0, 0.05) is 16.8 Å². The molecular weight excluding hydrogens is 402 g/mol. The number of nitrogens with zero attached hydrogens (tertiary/aromatic N) is 4. The van der Waals surface area contributed by atoms with Crippen LogP contribution < -0.4 is 10.7 Å². The number of aromatic nitrogens is 2. The molecule has 1 fully saturated rings. The summed E-state index contributed by atoms with van der Waals surface area (Å²) in [5.74, 6) is 0.367. The van der Waals surface area contributed by atoms with E-state index in [0.717, 1.165) is 0 Å². The molecule has 150 valence electrons. The molecule has 0 radical (unpaired) electrons. The van der Waals surface area contributed by atoms with Crippen molar-refractivity contribution >= 4 is 40.2 Å². The van der Waals surface area contributed by atoms with Crippen LogP contribution in [0.2, 0.25) is 0 Å². The van der Waals surface area contributed by atoms with Gasteiger partial charge in [-0.15, -0.1) is 11.8 Å². The summed E-state index contributed by atoms with van der Waals surface area (Å²) in [4.78, 5) is 39.2. The molecule has 2 aromatic carbocycles. The molecule has 9 heteroatoms. The van der Waals surface area contributed by atoms with Gasteiger partial charge < -0.3 is 10.2 Å². The van der Waals surface area contributed by atoms with Crippen molar-refractivity contribution in [1.82, 2.24) is 14.7 Å². The SMILES string of the molecule is N#Cc1ccc(NC(=O)C2CSCN2C(=O)Cn2ncc(=O)c3ccccc32)cc1. The lowest BCUT2D eigenvalue weighted by Gasteiger charge is -2.23. The largest absolute Gasteiger partial charge is 0.324 e. The molecule has 1 unspecified atom stereocenters. The van der Waals surface area contributed by atoms with E-state index < -0.39 is 6.04 Å². The number of benzene rings is 2. The number of para-hydroxylation sites is 1. The lowest BCUT2D eigenvalue weighted by atomic mass is 10.2. The Hall–Kier alpha value is -3.64. The van der Waals surface area contributed by atoms with Crippen LogP contribution in [0, 0.1) is 11.3 Å². The Balaban J connectivity index is 1.50. The maximum atomic E-state index is 13.0. The molecule has 1 aliphatic heterocycles. The average Bonchev–Trinajstić information content (AvgIpc) is 3.27. The quantitative estimate of drug-likeness (QED) is 0.691. The van der Waals surface area contributed by atoms with E-state index >= 15 is 0 Å². The third-order valence-corrected chi connectivity index (χ3v) is 5.85. The summed E-state index contributed by atoms with van der Waals surface area (Å²) < 4.78 is 1.48. The topological polar surface area (TPSA) is 108 Å². The molecule has 8 nitrogen and oxygen atoms in total. The summed E-state index contributed by atoms with van der Waals surface area (Å²) >= 11 is 1.50. The summed E-state index contributed by atoms with van der Waals surface area (Å²) in [6.07, 6.45) is 1.20. The van der Waals surface area contributed by atoms with Gasteiger partial charge in [-0.25, -0.2) is 0 Å². The Bertz CT molecular complexity index is 1220. The number of amides is 2. The molecule has 1 aliphatic rings. The van der Waals surface area contributed by atoms with Crippen LogP contribution in [0.15, 0.2) is 59.5 Å². The number of nitriles is 1. The first-order chi connectivity index (χ1) is 14.6. The Labute approximate surface area is 176 Å². The van der Waals surface area contributed by atoms with E-state index in [0.29, 0.717) is 33.8 Å². The van der Waals surface area contributed by atoms with Gasteiger partial charge in [-0.1, -0.05) is 12.1 Å². The van der Waals surface area contributed by atoms with Crippen molar-refractivity contribution in [2.75, 3.05) is 16.9 Å². The highest BCUT2D eigenvalue weighted by Gasteiger charge is 2.34. The second-order valence-corrected chi connectivity index (χ2v) is 7.74. The molecule has 0 saturated carbocycles. The predicted molar refractivity (Wildman–Crippen MR) is 114 cm³/mol. The van der Waals surface area contributed by atoms with E-state index in [1.54, 1.807) is 48.5 Å². The van der Waals surface area contributed by atoms with Crippen molar-refractivity contribution in [2.45, 2.75) is 12.6 Å².